The molecule has 0 aliphatic carbocycles. The van der Waals surface area contributed by atoms with E-state index < -0.39 is 0 Å². The number of hydrogen-bond acceptors (Lipinski definition) is 3. The van der Waals surface area contributed by atoms with Gasteiger partial charge in [-0.25, -0.2) is 0 Å². The number of rotatable bonds is 4. The van der Waals surface area contributed by atoms with Crippen LogP contribution in [0.3, 0.4) is 0 Å². The number of nitrogens with zero attached hydrogens (tertiary/aromatic N) is 1. The molecule has 1 aromatic rings. The molecule has 1 unspecified atom stereocenters. The topological polar surface area (TPSA) is 41.6 Å². The Morgan fingerprint density at radius 3 is 2.65 bits per heavy atom. The molecule has 20 heavy (non-hydrogen) atoms. The van der Waals surface area contributed by atoms with Gasteiger partial charge >= 0.3 is 0 Å². The summed E-state index contributed by atoms with van der Waals surface area (Å²) in [6.45, 7) is 9.80. The second-order valence-electron chi connectivity index (χ2n) is 5.52. The van der Waals surface area contributed by atoms with Crippen LogP contribution in [0.1, 0.15) is 29.7 Å². The van der Waals surface area contributed by atoms with Crippen molar-refractivity contribution in [2.45, 2.75) is 26.8 Å². The summed E-state index contributed by atoms with van der Waals surface area (Å²) in [7, 11) is 0. The number of aryl methyl sites for hydroxylation is 2. The van der Waals surface area contributed by atoms with Crippen LogP contribution in [0.5, 0.6) is 0 Å². The van der Waals surface area contributed by atoms with Crippen LogP contribution in [0.15, 0.2) is 18.2 Å². The lowest BCUT2D eigenvalue weighted by Crippen LogP contribution is -2.43. The Morgan fingerprint density at radius 2 is 2.00 bits per heavy atom. The monoisotopic (exact) mass is 276 g/mol. The van der Waals surface area contributed by atoms with Crippen molar-refractivity contribution in [3.8, 4) is 0 Å². The highest BCUT2D eigenvalue weighted by molar-refractivity contribution is 5.78. The van der Waals surface area contributed by atoms with E-state index in [1.165, 1.54) is 11.1 Å². The van der Waals surface area contributed by atoms with E-state index in [1.807, 2.05) is 6.92 Å². The van der Waals surface area contributed by atoms with Crippen molar-refractivity contribution >= 4 is 5.91 Å². The number of nitrogens with one attached hydrogen (secondary N) is 1. The van der Waals surface area contributed by atoms with Crippen LogP contribution >= 0.6 is 0 Å². The Kier molecular flexibility index (Phi) is 5.15. The van der Waals surface area contributed by atoms with E-state index in [2.05, 4.69) is 42.3 Å². The fourth-order valence-corrected chi connectivity index (χ4v) is 2.37. The van der Waals surface area contributed by atoms with Crippen LogP contribution in [0.2, 0.25) is 0 Å². The maximum atomic E-state index is 12.1. The fourth-order valence-electron chi connectivity index (χ4n) is 2.37. The summed E-state index contributed by atoms with van der Waals surface area (Å²) < 4.78 is 5.28. The minimum Gasteiger partial charge on any atom is -0.379 e. The Labute approximate surface area is 121 Å². The molecule has 4 heteroatoms. The van der Waals surface area contributed by atoms with Gasteiger partial charge in [-0.05, 0) is 37.5 Å². The highest BCUT2D eigenvalue weighted by Crippen LogP contribution is 2.16. The largest absolute Gasteiger partial charge is 0.379 e. The van der Waals surface area contributed by atoms with Crippen LogP contribution < -0.4 is 5.32 Å². The Bertz CT molecular complexity index is 468. The quantitative estimate of drug-likeness (QED) is 0.912. The Morgan fingerprint density at radius 1 is 1.30 bits per heavy atom. The molecular formula is C16H24N2O2. The second-order valence-corrected chi connectivity index (χ2v) is 5.52. The van der Waals surface area contributed by atoms with Crippen LogP contribution in [0.4, 0.5) is 0 Å². The van der Waals surface area contributed by atoms with Gasteiger partial charge in [-0.3, -0.25) is 9.69 Å². The SMILES string of the molecule is Cc1ccc(C(C)NC(=O)CN2CCOCC2)cc1C. The van der Waals surface area contributed by atoms with Gasteiger partial charge in [0.15, 0.2) is 0 Å². The smallest absolute Gasteiger partial charge is 0.234 e. The third-order valence-electron chi connectivity index (χ3n) is 3.88. The molecule has 110 valence electrons. The molecule has 0 radical (unpaired) electrons. The Hall–Kier alpha value is -1.39. The summed E-state index contributed by atoms with van der Waals surface area (Å²) in [6.07, 6.45) is 0. The molecule has 0 spiro atoms. The van der Waals surface area contributed by atoms with Gasteiger partial charge in [-0.1, -0.05) is 18.2 Å². The predicted octanol–water partition coefficient (Wildman–Crippen LogP) is 1.81. The number of morpholine rings is 1. The number of hydrogen-bond donors (Lipinski definition) is 1. The summed E-state index contributed by atoms with van der Waals surface area (Å²) in [4.78, 5) is 14.2. The first-order valence-corrected chi connectivity index (χ1v) is 7.23. The zero-order valence-corrected chi connectivity index (χ0v) is 12.6. The van der Waals surface area contributed by atoms with E-state index in [0.29, 0.717) is 6.54 Å². The average Bonchev–Trinajstić information content (AvgIpc) is 2.42. The van der Waals surface area contributed by atoms with E-state index in [-0.39, 0.29) is 11.9 Å². The molecule has 2 rings (SSSR count). The summed E-state index contributed by atoms with van der Waals surface area (Å²) in [5.41, 5.74) is 3.70. The molecule has 1 N–H and O–H groups in total. The van der Waals surface area contributed by atoms with Crippen molar-refractivity contribution in [3.63, 3.8) is 0 Å². The van der Waals surface area contributed by atoms with Gasteiger partial charge in [0.05, 0.1) is 25.8 Å². The van der Waals surface area contributed by atoms with Crippen molar-refractivity contribution < 1.29 is 9.53 Å². The van der Waals surface area contributed by atoms with Gasteiger partial charge in [0.25, 0.3) is 0 Å². The molecule has 1 amide bonds. The molecule has 1 aliphatic rings. The predicted molar refractivity (Wildman–Crippen MR) is 79.7 cm³/mol. The van der Waals surface area contributed by atoms with Gasteiger partial charge < -0.3 is 10.1 Å². The number of carbonyl (C=O) groups excluding carboxylic acids is 1. The number of amides is 1. The summed E-state index contributed by atoms with van der Waals surface area (Å²) in [5.74, 6) is 0.0811. The third-order valence-corrected chi connectivity index (χ3v) is 3.88. The van der Waals surface area contributed by atoms with Crippen molar-refractivity contribution in [1.82, 2.24) is 10.2 Å². The third kappa shape index (κ3) is 4.05. The number of carbonyl (C=O) groups is 1. The van der Waals surface area contributed by atoms with Crippen LogP contribution in [-0.2, 0) is 9.53 Å². The minimum absolute atomic E-state index is 0.0443. The number of ether oxygens (including phenoxy) is 1. The molecule has 1 saturated heterocycles. The van der Waals surface area contributed by atoms with E-state index in [0.717, 1.165) is 31.9 Å². The van der Waals surface area contributed by atoms with E-state index in [1.54, 1.807) is 0 Å². The summed E-state index contributed by atoms with van der Waals surface area (Å²) in [6, 6.07) is 6.38. The lowest BCUT2D eigenvalue weighted by atomic mass is 10.0. The van der Waals surface area contributed by atoms with Gasteiger partial charge in [0, 0.05) is 13.1 Å². The lowest BCUT2D eigenvalue weighted by molar-refractivity contribution is -0.123. The molecule has 1 aliphatic heterocycles. The molecule has 1 atom stereocenters. The normalized spacial score (nSPS) is 17.8. The van der Waals surface area contributed by atoms with Crippen LogP contribution in [-0.4, -0.2) is 43.7 Å². The molecular weight excluding hydrogens is 252 g/mol. The first kappa shape index (κ1) is 15.0. The second kappa shape index (κ2) is 6.86. The minimum atomic E-state index is 0.0443. The van der Waals surface area contributed by atoms with Gasteiger partial charge in [-0.15, -0.1) is 0 Å². The fraction of sp³-hybridized carbons (Fsp3) is 0.562. The highest BCUT2D eigenvalue weighted by Gasteiger charge is 2.16. The Balaban J connectivity index is 1.87. The first-order chi connectivity index (χ1) is 9.56. The molecule has 1 fully saturated rings. The van der Waals surface area contributed by atoms with Gasteiger partial charge in [0.1, 0.15) is 0 Å². The zero-order chi connectivity index (χ0) is 14.5. The molecule has 0 saturated carbocycles. The molecule has 1 aromatic carbocycles. The van der Waals surface area contributed by atoms with E-state index >= 15 is 0 Å². The van der Waals surface area contributed by atoms with Crippen molar-refractivity contribution in [2.75, 3.05) is 32.8 Å². The van der Waals surface area contributed by atoms with E-state index in [4.69, 9.17) is 4.74 Å². The standard InChI is InChI=1S/C16H24N2O2/c1-12-4-5-15(10-13(12)2)14(3)17-16(19)11-18-6-8-20-9-7-18/h4-5,10,14H,6-9,11H2,1-3H3,(H,17,19). The lowest BCUT2D eigenvalue weighted by Gasteiger charge is -2.26. The van der Waals surface area contributed by atoms with Crippen molar-refractivity contribution in [1.29, 1.82) is 0 Å². The van der Waals surface area contributed by atoms with Crippen molar-refractivity contribution in [3.05, 3.63) is 34.9 Å². The van der Waals surface area contributed by atoms with Crippen molar-refractivity contribution in [2.24, 2.45) is 0 Å². The van der Waals surface area contributed by atoms with Crippen LogP contribution in [0.25, 0.3) is 0 Å². The molecule has 1 heterocycles. The molecule has 0 bridgehead atoms. The number of benzene rings is 1. The molecule has 0 aromatic heterocycles. The maximum absolute atomic E-state index is 12.1. The molecule has 4 nitrogen and oxygen atoms in total. The first-order valence-electron chi connectivity index (χ1n) is 7.23. The summed E-state index contributed by atoms with van der Waals surface area (Å²) >= 11 is 0. The average molecular weight is 276 g/mol. The van der Waals surface area contributed by atoms with E-state index in [9.17, 15) is 4.79 Å². The summed E-state index contributed by atoms with van der Waals surface area (Å²) in [5, 5.41) is 3.07. The van der Waals surface area contributed by atoms with Gasteiger partial charge in [0.2, 0.25) is 5.91 Å². The van der Waals surface area contributed by atoms with Gasteiger partial charge in [-0.2, -0.15) is 0 Å². The zero-order valence-electron chi connectivity index (χ0n) is 12.6. The van der Waals surface area contributed by atoms with Crippen LogP contribution in [0, 0.1) is 13.8 Å². The maximum Gasteiger partial charge on any atom is 0.234 e. The highest BCUT2D eigenvalue weighted by atomic mass is 16.5.